The quantitative estimate of drug-likeness (QED) is 0.804. The van der Waals surface area contributed by atoms with Crippen LogP contribution in [0, 0.1) is 0 Å². The maximum absolute atomic E-state index is 12.4. The minimum absolute atomic E-state index is 0.0472. The van der Waals surface area contributed by atoms with E-state index in [-0.39, 0.29) is 11.4 Å². The molecule has 1 fully saturated rings. The highest BCUT2D eigenvalue weighted by Gasteiger charge is 2.34. The Morgan fingerprint density at radius 3 is 2.56 bits per heavy atom. The van der Waals surface area contributed by atoms with Gasteiger partial charge < -0.3 is 14.4 Å². The maximum Gasteiger partial charge on any atom is 0.254 e. The summed E-state index contributed by atoms with van der Waals surface area (Å²) in [6.45, 7) is 5.86. The summed E-state index contributed by atoms with van der Waals surface area (Å²) in [5.41, 5.74) is 0.431. The Kier molecular flexibility index (Phi) is 3.57. The van der Waals surface area contributed by atoms with Crippen LogP contribution < -0.4 is 4.74 Å². The van der Waals surface area contributed by atoms with Crippen LogP contribution in [0.25, 0.3) is 0 Å². The van der Waals surface area contributed by atoms with Gasteiger partial charge in [-0.25, -0.2) is 0 Å². The highest BCUT2D eigenvalue weighted by Crippen LogP contribution is 2.22. The summed E-state index contributed by atoms with van der Waals surface area (Å²) in [4.78, 5) is 14.3. The molecule has 1 aromatic carbocycles. The number of carbonyl (C=O) groups excluding carboxylic acids is 1. The zero-order valence-corrected chi connectivity index (χ0v) is 11.1. The fraction of sp³-hybridized carbons (Fsp3) is 0.500. The second-order valence-electron chi connectivity index (χ2n) is 5.05. The molecule has 98 valence electrons. The van der Waals surface area contributed by atoms with Gasteiger partial charge in [-0.3, -0.25) is 4.79 Å². The lowest BCUT2D eigenvalue weighted by molar-refractivity contribution is -0.0370. The monoisotopic (exact) mass is 249 g/mol. The van der Waals surface area contributed by atoms with Crippen molar-refractivity contribution < 1.29 is 14.3 Å². The Morgan fingerprint density at radius 1 is 1.33 bits per heavy atom. The molecule has 0 aromatic heterocycles. The third-order valence-electron chi connectivity index (χ3n) is 3.23. The van der Waals surface area contributed by atoms with Crippen LogP contribution in [0.4, 0.5) is 0 Å². The van der Waals surface area contributed by atoms with E-state index in [0.29, 0.717) is 25.3 Å². The maximum atomic E-state index is 12.4. The van der Waals surface area contributed by atoms with Gasteiger partial charge >= 0.3 is 0 Å². The third-order valence-corrected chi connectivity index (χ3v) is 3.23. The molecule has 0 aliphatic carbocycles. The first-order valence-corrected chi connectivity index (χ1v) is 6.08. The van der Waals surface area contributed by atoms with E-state index in [9.17, 15) is 4.79 Å². The number of benzene rings is 1. The summed E-state index contributed by atoms with van der Waals surface area (Å²) in [6, 6.07) is 7.21. The largest absolute Gasteiger partial charge is 0.497 e. The predicted molar refractivity (Wildman–Crippen MR) is 68.9 cm³/mol. The van der Waals surface area contributed by atoms with Crippen LogP contribution in [0.2, 0.25) is 0 Å². The number of hydrogen-bond donors (Lipinski definition) is 0. The number of ether oxygens (including phenoxy) is 2. The van der Waals surface area contributed by atoms with Crippen molar-refractivity contribution in [2.24, 2.45) is 0 Å². The lowest BCUT2D eigenvalue weighted by Crippen LogP contribution is -2.55. The lowest BCUT2D eigenvalue weighted by Gasteiger charge is -2.42. The molecule has 4 nitrogen and oxygen atoms in total. The van der Waals surface area contributed by atoms with Gasteiger partial charge in [0.15, 0.2) is 0 Å². The van der Waals surface area contributed by atoms with Crippen LogP contribution in [0.3, 0.4) is 0 Å². The molecule has 0 bridgehead atoms. The molecule has 1 heterocycles. The number of carbonyl (C=O) groups is 1. The van der Waals surface area contributed by atoms with Crippen LogP contribution in [-0.2, 0) is 4.74 Å². The van der Waals surface area contributed by atoms with Crippen molar-refractivity contribution in [3.8, 4) is 5.75 Å². The van der Waals surface area contributed by atoms with Crippen LogP contribution >= 0.6 is 0 Å². The highest BCUT2D eigenvalue weighted by atomic mass is 16.5. The predicted octanol–water partition coefficient (Wildman–Crippen LogP) is 1.95. The summed E-state index contributed by atoms with van der Waals surface area (Å²) in [5, 5.41) is 0. The Hall–Kier alpha value is -1.55. The Bertz CT molecular complexity index is 425. The van der Waals surface area contributed by atoms with E-state index in [1.807, 2.05) is 18.7 Å². The topological polar surface area (TPSA) is 38.8 Å². The summed E-state index contributed by atoms with van der Waals surface area (Å²) >= 11 is 0. The Balaban J connectivity index is 2.19. The zero-order chi connectivity index (χ0) is 13.2. The number of morpholine rings is 1. The fourth-order valence-corrected chi connectivity index (χ4v) is 2.12. The molecule has 1 saturated heterocycles. The summed E-state index contributed by atoms with van der Waals surface area (Å²) < 4.78 is 10.5. The second kappa shape index (κ2) is 4.98. The van der Waals surface area contributed by atoms with Crippen molar-refractivity contribution in [2.75, 3.05) is 26.9 Å². The van der Waals surface area contributed by atoms with Crippen molar-refractivity contribution in [3.63, 3.8) is 0 Å². The molecule has 1 aliphatic rings. The molecule has 4 heteroatoms. The van der Waals surface area contributed by atoms with Gasteiger partial charge in [0.2, 0.25) is 0 Å². The summed E-state index contributed by atoms with van der Waals surface area (Å²) in [5.74, 6) is 0.804. The molecule has 0 radical (unpaired) electrons. The van der Waals surface area contributed by atoms with Gasteiger partial charge in [-0.15, -0.1) is 0 Å². The van der Waals surface area contributed by atoms with Gasteiger partial charge in [-0.05, 0) is 38.1 Å². The van der Waals surface area contributed by atoms with Gasteiger partial charge in [0.05, 0.1) is 25.9 Å². The Morgan fingerprint density at radius 2 is 2.00 bits per heavy atom. The van der Waals surface area contributed by atoms with Gasteiger partial charge in [-0.2, -0.15) is 0 Å². The molecule has 1 aliphatic heterocycles. The number of rotatable bonds is 2. The average molecular weight is 249 g/mol. The standard InChI is InChI=1S/C14H19NO3/c1-14(2)10-18-9-8-15(14)13(16)11-4-6-12(17-3)7-5-11/h4-7H,8-10H2,1-3H3. The number of nitrogens with zero attached hydrogens (tertiary/aromatic N) is 1. The van der Waals surface area contributed by atoms with E-state index in [1.165, 1.54) is 0 Å². The average Bonchev–Trinajstić information content (AvgIpc) is 2.37. The molecule has 0 spiro atoms. The highest BCUT2D eigenvalue weighted by molar-refractivity contribution is 5.94. The van der Waals surface area contributed by atoms with E-state index in [2.05, 4.69) is 0 Å². The smallest absolute Gasteiger partial charge is 0.254 e. The van der Waals surface area contributed by atoms with Crippen molar-refractivity contribution in [3.05, 3.63) is 29.8 Å². The zero-order valence-electron chi connectivity index (χ0n) is 11.1. The first-order valence-electron chi connectivity index (χ1n) is 6.08. The van der Waals surface area contributed by atoms with Crippen molar-refractivity contribution >= 4 is 5.91 Å². The number of amides is 1. The van der Waals surface area contributed by atoms with Crippen LogP contribution in [-0.4, -0.2) is 43.2 Å². The van der Waals surface area contributed by atoms with E-state index >= 15 is 0 Å². The van der Waals surface area contributed by atoms with E-state index in [0.717, 1.165) is 5.75 Å². The molecule has 0 atom stereocenters. The Labute approximate surface area is 107 Å². The second-order valence-corrected chi connectivity index (χ2v) is 5.05. The van der Waals surface area contributed by atoms with E-state index in [1.54, 1.807) is 31.4 Å². The minimum Gasteiger partial charge on any atom is -0.497 e. The van der Waals surface area contributed by atoms with Crippen LogP contribution in [0.5, 0.6) is 5.75 Å². The fourth-order valence-electron chi connectivity index (χ4n) is 2.12. The minimum atomic E-state index is -0.255. The molecule has 0 N–H and O–H groups in total. The molecule has 2 rings (SSSR count). The molecule has 1 aromatic rings. The van der Waals surface area contributed by atoms with Crippen molar-refractivity contribution in [2.45, 2.75) is 19.4 Å². The van der Waals surface area contributed by atoms with Gasteiger partial charge in [0.1, 0.15) is 5.75 Å². The molecule has 1 amide bonds. The van der Waals surface area contributed by atoms with Crippen molar-refractivity contribution in [1.82, 2.24) is 4.90 Å². The number of hydrogen-bond acceptors (Lipinski definition) is 3. The van der Waals surface area contributed by atoms with Gasteiger partial charge in [0, 0.05) is 12.1 Å². The summed E-state index contributed by atoms with van der Waals surface area (Å²) in [7, 11) is 1.61. The van der Waals surface area contributed by atoms with Crippen LogP contribution in [0.15, 0.2) is 24.3 Å². The summed E-state index contributed by atoms with van der Waals surface area (Å²) in [6.07, 6.45) is 0. The first kappa shape index (κ1) is 12.9. The van der Waals surface area contributed by atoms with Crippen LogP contribution in [0.1, 0.15) is 24.2 Å². The van der Waals surface area contributed by atoms with Crippen molar-refractivity contribution in [1.29, 1.82) is 0 Å². The molecule has 18 heavy (non-hydrogen) atoms. The molecular weight excluding hydrogens is 230 g/mol. The number of methoxy groups -OCH3 is 1. The normalized spacial score (nSPS) is 18.5. The van der Waals surface area contributed by atoms with E-state index in [4.69, 9.17) is 9.47 Å². The molecule has 0 saturated carbocycles. The SMILES string of the molecule is COc1ccc(C(=O)N2CCOCC2(C)C)cc1. The molecular formula is C14H19NO3. The third kappa shape index (κ3) is 2.48. The first-order chi connectivity index (χ1) is 8.54. The van der Waals surface area contributed by atoms with E-state index < -0.39 is 0 Å². The van der Waals surface area contributed by atoms with Gasteiger partial charge in [-0.1, -0.05) is 0 Å². The lowest BCUT2D eigenvalue weighted by atomic mass is 10.0. The molecule has 0 unspecified atom stereocenters. The van der Waals surface area contributed by atoms with Gasteiger partial charge in [0.25, 0.3) is 5.91 Å².